The molecule has 5 heteroatoms. The third kappa shape index (κ3) is 5.97. The van der Waals surface area contributed by atoms with Gasteiger partial charge in [-0.3, -0.25) is 0 Å². The largest absolute Gasteiger partial charge is 0.507 e. The first-order valence-corrected chi connectivity index (χ1v) is 10.0. The summed E-state index contributed by atoms with van der Waals surface area (Å²) in [4.78, 5) is 11.6. The summed E-state index contributed by atoms with van der Waals surface area (Å²) in [6.07, 6.45) is 0. The first kappa shape index (κ1) is 22.6. The van der Waals surface area contributed by atoms with Crippen LogP contribution in [0.25, 0.3) is 11.1 Å². The quantitative estimate of drug-likeness (QED) is 0.398. The Labute approximate surface area is 186 Å². The van der Waals surface area contributed by atoms with Crippen LogP contribution in [-0.2, 0) is 18.3 Å². The van der Waals surface area contributed by atoms with E-state index >= 15 is 0 Å². The summed E-state index contributed by atoms with van der Waals surface area (Å²) in [5, 5.41) is 29.6. The van der Waals surface area contributed by atoms with Crippen LogP contribution < -0.4 is 4.74 Å². The lowest BCUT2D eigenvalue weighted by Gasteiger charge is -2.15. The highest BCUT2D eigenvalue weighted by Gasteiger charge is 2.21. The number of rotatable bonds is 6. The molecule has 4 rings (SSSR count). The molecule has 0 amide bonds. The van der Waals surface area contributed by atoms with Crippen LogP contribution in [0.1, 0.15) is 21.5 Å². The Bertz CT molecular complexity index is 1130. The average molecular weight is 427 g/mol. The van der Waals surface area contributed by atoms with E-state index in [2.05, 4.69) is 0 Å². The van der Waals surface area contributed by atoms with Crippen molar-refractivity contribution in [2.24, 2.45) is 0 Å². The predicted octanol–water partition coefficient (Wildman–Crippen LogP) is 5.95. The Kier molecular flexibility index (Phi) is 8.01. The second-order valence-corrected chi connectivity index (χ2v) is 6.91. The maximum absolute atomic E-state index is 11.6. The summed E-state index contributed by atoms with van der Waals surface area (Å²) in [6.45, 7) is 0.102. The topological polar surface area (TPSA) is 86.7 Å². The third-order valence-corrected chi connectivity index (χ3v) is 4.67. The minimum Gasteiger partial charge on any atom is -0.507 e. The van der Waals surface area contributed by atoms with E-state index in [9.17, 15) is 20.1 Å². The van der Waals surface area contributed by atoms with Crippen molar-refractivity contribution in [1.82, 2.24) is 0 Å². The number of ether oxygens (including phenoxy) is 1. The number of aromatic carboxylic acids is 1. The first-order valence-electron chi connectivity index (χ1n) is 10.0. The molecular weight excluding hydrogens is 404 g/mol. The van der Waals surface area contributed by atoms with E-state index in [0.717, 1.165) is 16.7 Å². The van der Waals surface area contributed by atoms with E-state index in [4.69, 9.17) is 4.74 Å². The number of benzene rings is 4. The molecule has 0 aliphatic heterocycles. The fourth-order valence-electron chi connectivity index (χ4n) is 3.08. The maximum Gasteiger partial charge on any atom is 0.343 e. The molecule has 0 bridgehead atoms. The molecule has 0 aliphatic carbocycles. The molecule has 0 heterocycles. The summed E-state index contributed by atoms with van der Waals surface area (Å²) in [5.41, 5.74) is 2.99. The molecule has 0 spiro atoms. The molecule has 0 saturated heterocycles. The van der Waals surface area contributed by atoms with Crippen molar-refractivity contribution >= 4 is 5.97 Å². The molecule has 5 nitrogen and oxygen atoms in total. The molecule has 4 aromatic rings. The highest BCUT2D eigenvalue weighted by Crippen LogP contribution is 2.38. The highest BCUT2D eigenvalue weighted by atomic mass is 16.5. The number of aromatic hydroxyl groups is 1. The summed E-state index contributed by atoms with van der Waals surface area (Å²) in [6, 6.07) is 31.1. The van der Waals surface area contributed by atoms with Gasteiger partial charge < -0.3 is 14.9 Å². The Morgan fingerprint density at radius 1 is 0.719 bits per heavy atom. The van der Waals surface area contributed by atoms with E-state index < -0.39 is 5.97 Å². The predicted molar refractivity (Wildman–Crippen MR) is 122 cm³/mol. The average Bonchev–Trinajstić information content (AvgIpc) is 2.84. The van der Waals surface area contributed by atoms with Gasteiger partial charge in [-0.05, 0) is 28.8 Å². The van der Waals surface area contributed by atoms with E-state index in [1.54, 1.807) is 6.07 Å². The molecule has 2 N–H and O–H groups in total. The van der Waals surface area contributed by atoms with E-state index in [1.165, 1.54) is 6.07 Å². The van der Waals surface area contributed by atoms with Gasteiger partial charge in [0.05, 0.1) is 0 Å². The molecule has 1 radical (unpaired) electrons. The molecule has 0 aromatic heterocycles. The molecule has 161 valence electrons. The van der Waals surface area contributed by atoms with Gasteiger partial charge in [-0.25, -0.2) is 9.90 Å². The van der Waals surface area contributed by atoms with Crippen LogP contribution in [0.2, 0.25) is 0 Å². The molecule has 0 unspecified atom stereocenters. The van der Waals surface area contributed by atoms with Gasteiger partial charge in [0.2, 0.25) is 0 Å². The first-order chi connectivity index (χ1) is 15.6. The summed E-state index contributed by atoms with van der Waals surface area (Å²) in [7, 11) is 0. The number of phenols is 1. The monoisotopic (exact) mass is 427 g/mol. The summed E-state index contributed by atoms with van der Waals surface area (Å²) in [5.74, 6) is -1.38. The molecule has 0 fully saturated rings. The van der Waals surface area contributed by atoms with E-state index in [-0.39, 0.29) is 30.3 Å². The van der Waals surface area contributed by atoms with Gasteiger partial charge >= 0.3 is 5.97 Å². The number of carboxylic acid groups (broad SMARTS) is 1. The van der Waals surface area contributed by atoms with Crippen molar-refractivity contribution in [3.05, 3.63) is 120 Å². The molecule has 4 aromatic carbocycles. The number of hydrogen-bond acceptors (Lipinski definition) is 3. The minimum absolute atomic E-state index is 0.110. The van der Waals surface area contributed by atoms with Crippen molar-refractivity contribution in [3.8, 4) is 22.6 Å². The van der Waals surface area contributed by atoms with Crippen LogP contribution in [0.5, 0.6) is 11.5 Å². The van der Waals surface area contributed by atoms with Gasteiger partial charge in [-0.15, -0.1) is 0 Å². The van der Waals surface area contributed by atoms with Gasteiger partial charge in [0.25, 0.3) is 0 Å². The lowest BCUT2D eigenvalue weighted by Crippen LogP contribution is -2.05. The number of hydrogen-bond donors (Lipinski definition) is 2. The van der Waals surface area contributed by atoms with Crippen molar-refractivity contribution in [2.45, 2.75) is 13.2 Å². The van der Waals surface area contributed by atoms with Crippen molar-refractivity contribution in [1.29, 1.82) is 0 Å². The third-order valence-electron chi connectivity index (χ3n) is 4.67. The maximum atomic E-state index is 11.6. The van der Waals surface area contributed by atoms with E-state index in [1.807, 2.05) is 91.0 Å². The second-order valence-electron chi connectivity index (χ2n) is 6.91. The normalized spacial score (nSPS) is 10.0. The van der Waals surface area contributed by atoms with Crippen LogP contribution in [0.3, 0.4) is 0 Å². The van der Waals surface area contributed by atoms with Gasteiger partial charge in [0.1, 0.15) is 30.3 Å². The zero-order chi connectivity index (χ0) is 22.8. The smallest absolute Gasteiger partial charge is 0.343 e. The van der Waals surface area contributed by atoms with Crippen LogP contribution in [0, 0.1) is 0 Å². The van der Waals surface area contributed by atoms with Gasteiger partial charge in [-0.2, -0.15) is 0 Å². The Balaban J connectivity index is 0.000000305. The lowest BCUT2D eigenvalue weighted by atomic mass is 10.0. The Morgan fingerprint density at radius 3 is 1.75 bits per heavy atom. The SMILES string of the molecule is O=C(O)c1c(O)ccc(-c2ccccc2)c1OCc1ccccc1.[O]Cc1ccccc1. The fraction of sp³-hybridized carbons (Fsp3) is 0.0741. The molecular formula is C27H23O5. The van der Waals surface area contributed by atoms with Crippen LogP contribution in [0.4, 0.5) is 0 Å². The molecule has 0 atom stereocenters. The fourth-order valence-corrected chi connectivity index (χ4v) is 3.08. The zero-order valence-electron chi connectivity index (χ0n) is 17.3. The minimum atomic E-state index is -1.23. The van der Waals surface area contributed by atoms with Crippen molar-refractivity contribution in [2.75, 3.05) is 0 Å². The standard InChI is InChI=1S/C20H16O4.C7H7O/c21-17-12-11-16(15-9-5-2-6-10-15)19(18(17)20(22)23)24-13-14-7-3-1-4-8-14;8-6-7-4-2-1-3-5-7/h1-12,21H,13H2,(H,22,23);1-5H,6H2. The van der Waals surface area contributed by atoms with Crippen LogP contribution in [0.15, 0.2) is 103 Å². The molecule has 32 heavy (non-hydrogen) atoms. The molecule has 0 aliphatic rings. The second kappa shape index (κ2) is 11.3. The molecule has 0 saturated carbocycles. The highest BCUT2D eigenvalue weighted by molar-refractivity contribution is 5.97. The lowest BCUT2D eigenvalue weighted by molar-refractivity contribution is 0.0688. The Morgan fingerprint density at radius 2 is 1.25 bits per heavy atom. The van der Waals surface area contributed by atoms with Gasteiger partial charge in [0, 0.05) is 5.56 Å². The van der Waals surface area contributed by atoms with Gasteiger partial charge in [-0.1, -0.05) is 91.0 Å². The van der Waals surface area contributed by atoms with Crippen molar-refractivity contribution in [3.63, 3.8) is 0 Å². The zero-order valence-corrected chi connectivity index (χ0v) is 17.3. The van der Waals surface area contributed by atoms with Crippen LogP contribution >= 0.6 is 0 Å². The van der Waals surface area contributed by atoms with Crippen molar-refractivity contribution < 1.29 is 24.9 Å². The summed E-state index contributed by atoms with van der Waals surface area (Å²) < 4.78 is 5.81. The van der Waals surface area contributed by atoms with Crippen LogP contribution in [-0.4, -0.2) is 16.2 Å². The Hall–Kier alpha value is -4.09. The van der Waals surface area contributed by atoms with Gasteiger partial charge in [0.15, 0.2) is 0 Å². The van der Waals surface area contributed by atoms with E-state index in [0.29, 0.717) is 5.56 Å². The number of carbonyl (C=O) groups is 1. The summed E-state index contributed by atoms with van der Waals surface area (Å²) >= 11 is 0. The number of carboxylic acids is 1.